The molecule has 1 saturated carbocycles. The lowest BCUT2D eigenvalue weighted by atomic mass is 9.63. The quantitative estimate of drug-likeness (QED) is 0.868. The maximum absolute atomic E-state index is 11.6. The van der Waals surface area contributed by atoms with E-state index >= 15 is 0 Å². The average molecular weight is 303 g/mol. The van der Waals surface area contributed by atoms with Crippen molar-refractivity contribution in [3.63, 3.8) is 0 Å². The van der Waals surface area contributed by atoms with Crippen molar-refractivity contribution >= 4 is 5.97 Å². The molecular formula is C19H29NO2. The largest absolute Gasteiger partial charge is 0.480 e. The number of carboxylic acids is 1. The van der Waals surface area contributed by atoms with Crippen molar-refractivity contribution in [2.45, 2.75) is 65.5 Å². The van der Waals surface area contributed by atoms with Crippen LogP contribution in [-0.2, 0) is 11.2 Å². The van der Waals surface area contributed by atoms with Gasteiger partial charge in [0.25, 0.3) is 0 Å². The molecule has 1 aliphatic rings. The van der Waals surface area contributed by atoms with E-state index < -0.39 is 12.0 Å². The third kappa shape index (κ3) is 4.84. The van der Waals surface area contributed by atoms with Crippen molar-refractivity contribution in [3.8, 4) is 0 Å². The number of aliphatic carboxylic acids is 1. The average Bonchev–Trinajstić information content (AvgIpc) is 2.35. The number of nitrogens with one attached hydrogen (secondary N) is 1. The molecule has 1 aromatic carbocycles. The van der Waals surface area contributed by atoms with Crippen LogP contribution >= 0.6 is 0 Å². The first-order chi connectivity index (χ1) is 10.2. The van der Waals surface area contributed by atoms with Crippen molar-refractivity contribution in [1.29, 1.82) is 0 Å². The van der Waals surface area contributed by atoms with Gasteiger partial charge < -0.3 is 10.4 Å². The SMILES string of the molecule is CC1(C)CC(N[C@@H](Cc2ccccc2)C(=O)O)CC(C)(C)C1. The number of benzene rings is 1. The predicted molar refractivity (Wildman–Crippen MR) is 89.9 cm³/mol. The fraction of sp³-hybridized carbons (Fsp3) is 0.632. The molecule has 0 spiro atoms. The summed E-state index contributed by atoms with van der Waals surface area (Å²) in [6, 6.07) is 9.61. The van der Waals surface area contributed by atoms with Gasteiger partial charge in [-0.05, 0) is 42.1 Å². The molecule has 0 unspecified atom stereocenters. The van der Waals surface area contributed by atoms with Gasteiger partial charge >= 0.3 is 5.97 Å². The normalized spacial score (nSPS) is 22.2. The lowest BCUT2D eigenvalue weighted by molar-refractivity contribution is -0.140. The molecule has 0 heterocycles. The molecular weight excluding hydrogens is 274 g/mol. The minimum atomic E-state index is -0.759. The summed E-state index contributed by atoms with van der Waals surface area (Å²) in [5, 5.41) is 13.0. The topological polar surface area (TPSA) is 49.3 Å². The molecule has 0 aromatic heterocycles. The van der Waals surface area contributed by atoms with Crippen LogP contribution in [0.5, 0.6) is 0 Å². The second kappa shape index (κ2) is 6.41. The Morgan fingerprint density at radius 2 is 1.73 bits per heavy atom. The molecule has 3 nitrogen and oxygen atoms in total. The monoisotopic (exact) mass is 303 g/mol. The zero-order chi connectivity index (χ0) is 16.4. The lowest BCUT2D eigenvalue weighted by Gasteiger charge is -2.45. The molecule has 3 heteroatoms. The van der Waals surface area contributed by atoms with Gasteiger partial charge in [-0.15, -0.1) is 0 Å². The first-order valence-corrected chi connectivity index (χ1v) is 8.20. The zero-order valence-corrected chi connectivity index (χ0v) is 14.2. The van der Waals surface area contributed by atoms with Gasteiger partial charge in [0.05, 0.1) is 0 Å². The highest BCUT2D eigenvalue weighted by molar-refractivity contribution is 5.74. The van der Waals surface area contributed by atoms with Gasteiger partial charge in [0, 0.05) is 6.04 Å². The molecule has 122 valence electrons. The number of hydrogen-bond acceptors (Lipinski definition) is 2. The van der Waals surface area contributed by atoms with E-state index in [9.17, 15) is 9.90 Å². The summed E-state index contributed by atoms with van der Waals surface area (Å²) in [5.74, 6) is -0.759. The molecule has 2 N–H and O–H groups in total. The van der Waals surface area contributed by atoms with Gasteiger partial charge in [0.2, 0.25) is 0 Å². The summed E-state index contributed by atoms with van der Waals surface area (Å²) in [6.07, 6.45) is 3.80. The van der Waals surface area contributed by atoms with E-state index in [0.717, 1.165) is 18.4 Å². The highest BCUT2D eigenvalue weighted by atomic mass is 16.4. The standard InChI is InChI=1S/C19H29NO2/c1-18(2)11-15(12-19(3,4)13-18)20-16(17(21)22)10-14-8-6-5-7-9-14/h5-9,15-16,20H,10-13H2,1-4H3,(H,21,22)/t16-/m0/s1. The summed E-state index contributed by atoms with van der Waals surface area (Å²) >= 11 is 0. The van der Waals surface area contributed by atoms with Gasteiger partial charge in [-0.2, -0.15) is 0 Å². The van der Waals surface area contributed by atoms with Crippen LogP contribution in [0.15, 0.2) is 30.3 Å². The molecule has 0 bridgehead atoms. The highest BCUT2D eigenvalue weighted by Gasteiger charge is 2.39. The second-order valence-electron chi connectivity index (χ2n) is 8.36. The van der Waals surface area contributed by atoms with E-state index in [1.165, 1.54) is 6.42 Å². The van der Waals surface area contributed by atoms with Crippen molar-refractivity contribution in [2.75, 3.05) is 0 Å². The van der Waals surface area contributed by atoms with Crippen LogP contribution in [0.3, 0.4) is 0 Å². The summed E-state index contributed by atoms with van der Waals surface area (Å²) in [6.45, 7) is 9.15. The van der Waals surface area contributed by atoms with Crippen LogP contribution in [0.25, 0.3) is 0 Å². The summed E-state index contributed by atoms with van der Waals surface area (Å²) < 4.78 is 0. The third-order valence-electron chi connectivity index (χ3n) is 4.57. The van der Waals surface area contributed by atoms with Gasteiger partial charge in [-0.1, -0.05) is 58.0 Å². The van der Waals surface area contributed by atoms with E-state index in [0.29, 0.717) is 6.42 Å². The van der Waals surface area contributed by atoms with Crippen molar-refractivity contribution in [2.24, 2.45) is 10.8 Å². The molecule has 0 saturated heterocycles. The van der Waals surface area contributed by atoms with Crippen LogP contribution in [-0.4, -0.2) is 23.2 Å². The predicted octanol–water partition coefficient (Wildman–Crippen LogP) is 3.88. The lowest BCUT2D eigenvalue weighted by Crippen LogP contribution is -2.50. The Hall–Kier alpha value is -1.35. The molecule has 2 rings (SSSR count). The Labute approximate surface area is 134 Å². The fourth-order valence-electron chi connectivity index (χ4n) is 4.32. The molecule has 1 fully saturated rings. The molecule has 1 atom stereocenters. The van der Waals surface area contributed by atoms with Crippen molar-refractivity contribution < 1.29 is 9.90 Å². The Morgan fingerprint density at radius 1 is 1.18 bits per heavy atom. The first kappa shape index (κ1) is 17.0. The Bertz CT molecular complexity index is 491. The van der Waals surface area contributed by atoms with Crippen LogP contribution in [0.1, 0.15) is 52.5 Å². The maximum Gasteiger partial charge on any atom is 0.321 e. The second-order valence-corrected chi connectivity index (χ2v) is 8.36. The zero-order valence-electron chi connectivity index (χ0n) is 14.2. The Morgan fingerprint density at radius 3 is 2.23 bits per heavy atom. The van der Waals surface area contributed by atoms with Gasteiger partial charge in [-0.25, -0.2) is 0 Å². The number of rotatable bonds is 5. The van der Waals surface area contributed by atoms with Crippen molar-refractivity contribution in [1.82, 2.24) is 5.32 Å². The first-order valence-electron chi connectivity index (χ1n) is 8.20. The number of hydrogen-bond donors (Lipinski definition) is 2. The minimum absolute atomic E-state index is 0.259. The van der Waals surface area contributed by atoms with Crippen LogP contribution in [0, 0.1) is 10.8 Å². The fourth-order valence-corrected chi connectivity index (χ4v) is 4.32. The molecule has 1 aliphatic carbocycles. The van der Waals surface area contributed by atoms with Gasteiger partial charge in [0.1, 0.15) is 6.04 Å². The van der Waals surface area contributed by atoms with Gasteiger partial charge in [0.15, 0.2) is 0 Å². The molecule has 22 heavy (non-hydrogen) atoms. The highest BCUT2D eigenvalue weighted by Crippen LogP contribution is 2.45. The van der Waals surface area contributed by atoms with E-state index in [2.05, 4.69) is 33.0 Å². The minimum Gasteiger partial charge on any atom is -0.480 e. The van der Waals surface area contributed by atoms with Crippen LogP contribution < -0.4 is 5.32 Å². The maximum atomic E-state index is 11.6. The van der Waals surface area contributed by atoms with Gasteiger partial charge in [-0.3, -0.25) is 4.79 Å². The smallest absolute Gasteiger partial charge is 0.321 e. The van der Waals surface area contributed by atoms with Crippen LogP contribution in [0.4, 0.5) is 0 Å². The molecule has 0 radical (unpaired) electrons. The Balaban J connectivity index is 2.06. The summed E-state index contributed by atoms with van der Waals surface area (Å²) in [5.41, 5.74) is 1.58. The third-order valence-corrected chi connectivity index (χ3v) is 4.57. The Kier molecular flexibility index (Phi) is 4.96. The number of carbonyl (C=O) groups is 1. The molecule has 0 amide bonds. The molecule has 0 aliphatic heterocycles. The van der Waals surface area contributed by atoms with E-state index in [-0.39, 0.29) is 16.9 Å². The summed E-state index contributed by atoms with van der Waals surface area (Å²) in [4.78, 5) is 11.6. The summed E-state index contributed by atoms with van der Waals surface area (Å²) in [7, 11) is 0. The number of carboxylic acid groups (broad SMARTS) is 1. The van der Waals surface area contributed by atoms with Crippen molar-refractivity contribution in [3.05, 3.63) is 35.9 Å². The van der Waals surface area contributed by atoms with E-state index in [1.807, 2.05) is 30.3 Å². The van der Waals surface area contributed by atoms with E-state index in [1.54, 1.807) is 0 Å². The van der Waals surface area contributed by atoms with Crippen LogP contribution in [0.2, 0.25) is 0 Å². The van der Waals surface area contributed by atoms with E-state index in [4.69, 9.17) is 0 Å². The molecule has 1 aromatic rings.